The van der Waals surface area contributed by atoms with E-state index in [2.05, 4.69) is 15.9 Å². The molecule has 1 aliphatic heterocycles. The van der Waals surface area contributed by atoms with Crippen molar-refractivity contribution in [3.8, 4) is 5.75 Å². The first kappa shape index (κ1) is 21.3. The smallest absolute Gasteiger partial charge is 0.252 e. The summed E-state index contributed by atoms with van der Waals surface area (Å²) < 4.78 is 33.6. The molecule has 0 bridgehead atoms. The zero-order valence-corrected chi connectivity index (χ0v) is 19.1. The number of nitrogens with zero attached hydrogens (tertiary/aromatic N) is 2. The first-order valence-corrected chi connectivity index (χ1v) is 12.1. The Labute approximate surface area is 178 Å². The molecule has 28 heavy (non-hydrogen) atoms. The topological polar surface area (TPSA) is 66.9 Å². The minimum Gasteiger partial charge on any atom is -0.493 e. The second kappa shape index (κ2) is 8.94. The van der Waals surface area contributed by atoms with Crippen LogP contribution >= 0.6 is 27.3 Å². The Balaban J connectivity index is 1.49. The van der Waals surface area contributed by atoms with Crippen molar-refractivity contribution in [2.75, 3.05) is 32.8 Å². The van der Waals surface area contributed by atoms with E-state index in [1.54, 1.807) is 17.0 Å². The number of amides is 1. The lowest BCUT2D eigenvalue weighted by Gasteiger charge is -2.33. The largest absolute Gasteiger partial charge is 0.493 e. The first-order chi connectivity index (χ1) is 13.3. The van der Waals surface area contributed by atoms with Crippen LogP contribution in [0.25, 0.3) is 0 Å². The van der Waals surface area contributed by atoms with Gasteiger partial charge in [-0.05, 0) is 59.1 Å². The zero-order valence-electron chi connectivity index (χ0n) is 15.9. The predicted molar refractivity (Wildman–Crippen MR) is 113 cm³/mol. The first-order valence-electron chi connectivity index (χ1n) is 9.00. The van der Waals surface area contributed by atoms with Crippen molar-refractivity contribution < 1.29 is 17.9 Å². The van der Waals surface area contributed by atoms with Gasteiger partial charge in [-0.1, -0.05) is 12.1 Å². The van der Waals surface area contributed by atoms with Crippen molar-refractivity contribution in [2.45, 2.75) is 24.5 Å². The Morgan fingerprint density at radius 3 is 2.50 bits per heavy atom. The molecular weight excluding hydrogens is 464 g/mol. The molecule has 9 heteroatoms. The summed E-state index contributed by atoms with van der Waals surface area (Å²) in [6, 6.07) is 9.32. The van der Waals surface area contributed by atoms with Crippen LogP contribution in [0.1, 0.15) is 17.5 Å². The van der Waals surface area contributed by atoms with E-state index in [1.807, 2.05) is 32.0 Å². The highest BCUT2D eigenvalue weighted by atomic mass is 79.9. The van der Waals surface area contributed by atoms with Gasteiger partial charge in [-0.3, -0.25) is 4.79 Å². The molecule has 0 spiro atoms. The molecule has 0 atom stereocenters. The molecule has 152 valence electrons. The summed E-state index contributed by atoms with van der Waals surface area (Å²) >= 11 is 4.49. The molecule has 1 aromatic heterocycles. The summed E-state index contributed by atoms with van der Waals surface area (Å²) in [6.45, 7) is 5.69. The molecule has 3 rings (SSSR count). The van der Waals surface area contributed by atoms with E-state index >= 15 is 0 Å². The van der Waals surface area contributed by atoms with Crippen molar-refractivity contribution in [1.82, 2.24) is 9.21 Å². The molecule has 1 aliphatic rings. The number of hydrogen-bond donors (Lipinski definition) is 0. The standard InChI is InChI=1S/C19H23BrN2O4S2/c1-14-3-4-15(2)16(13-14)26-12-7-18(23)21-8-10-22(11-9-21)28(24,25)19-6-5-17(20)27-19/h3-6,13H,7-12H2,1-2H3. The molecular formula is C19H23BrN2O4S2. The lowest BCUT2D eigenvalue weighted by molar-refractivity contribution is -0.132. The number of piperazine rings is 1. The maximum Gasteiger partial charge on any atom is 0.252 e. The maximum absolute atomic E-state index is 12.7. The Bertz CT molecular complexity index is 951. The molecule has 0 N–H and O–H groups in total. The highest BCUT2D eigenvalue weighted by molar-refractivity contribution is 9.11. The Kier molecular flexibility index (Phi) is 6.80. The molecule has 1 amide bonds. The molecule has 2 aromatic rings. The van der Waals surface area contributed by atoms with Crippen molar-refractivity contribution in [1.29, 1.82) is 0 Å². The number of carbonyl (C=O) groups is 1. The normalized spacial score (nSPS) is 15.6. The fraction of sp³-hybridized carbons (Fsp3) is 0.421. The van der Waals surface area contributed by atoms with Crippen LogP contribution in [0, 0.1) is 13.8 Å². The number of rotatable bonds is 6. The van der Waals surface area contributed by atoms with Crippen molar-refractivity contribution in [3.05, 3.63) is 45.2 Å². The average Bonchev–Trinajstić information content (AvgIpc) is 3.12. The minimum atomic E-state index is -3.49. The minimum absolute atomic E-state index is 0.0128. The summed E-state index contributed by atoms with van der Waals surface area (Å²) in [4.78, 5) is 14.2. The lowest BCUT2D eigenvalue weighted by Crippen LogP contribution is -2.50. The number of sulfonamides is 1. The molecule has 0 radical (unpaired) electrons. The average molecular weight is 487 g/mol. The number of aryl methyl sites for hydroxylation is 2. The second-order valence-corrected chi connectivity index (χ2v) is 11.3. The van der Waals surface area contributed by atoms with Crippen LogP contribution in [0.4, 0.5) is 0 Å². The van der Waals surface area contributed by atoms with Crippen LogP contribution in [-0.4, -0.2) is 56.3 Å². The summed E-state index contributed by atoms with van der Waals surface area (Å²) in [5.41, 5.74) is 2.15. The van der Waals surface area contributed by atoms with Crippen LogP contribution in [0.15, 0.2) is 38.3 Å². The zero-order chi connectivity index (χ0) is 20.3. The van der Waals surface area contributed by atoms with Crippen molar-refractivity contribution in [2.24, 2.45) is 0 Å². The maximum atomic E-state index is 12.7. The van der Waals surface area contributed by atoms with Gasteiger partial charge in [-0.15, -0.1) is 11.3 Å². The van der Waals surface area contributed by atoms with E-state index in [-0.39, 0.29) is 12.3 Å². The van der Waals surface area contributed by atoms with Crippen molar-refractivity contribution in [3.63, 3.8) is 0 Å². The molecule has 2 heterocycles. The fourth-order valence-electron chi connectivity index (χ4n) is 3.01. The van der Waals surface area contributed by atoms with Crippen LogP contribution in [0.3, 0.4) is 0 Å². The van der Waals surface area contributed by atoms with E-state index in [0.29, 0.717) is 37.0 Å². The Hall–Kier alpha value is -1.42. The molecule has 1 fully saturated rings. The number of ether oxygens (including phenoxy) is 1. The van der Waals surface area contributed by atoms with Gasteiger partial charge in [0.25, 0.3) is 10.0 Å². The van der Waals surface area contributed by atoms with Gasteiger partial charge in [0.05, 0.1) is 16.8 Å². The highest BCUT2D eigenvalue weighted by Crippen LogP contribution is 2.29. The third kappa shape index (κ3) is 4.94. The van der Waals surface area contributed by atoms with E-state index in [0.717, 1.165) is 20.7 Å². The number of hydrogen-bond acceptors (Lipinski definition) is 5. The second-order valence-electron chi connectivity index (χ2n) is 6.71. The quantitative estimate of drug-likeness (QED) is 0.627. The SMILES string of the molecule is Cc1ccc(C)c(OCCC(=O)N2CCN(S(=O)(=O)c3ccc(Br)s3)CC2)c1. The highest BCUT2D eigenvalue weighted by Gasteiger charge is 2.30. The number of benzene rings is 1. The van der Waals surface area contributed by atoms with E-state index < -0.39 is 10.0 Å². The van der Waals surface area contributed by atoms with E-state index in [1.165, 1.54) is 15.6 Å². The molecule has 0 unspecified atom stereocenters. The lowest BCUT2D eigenvalue weighted by atomic mass is 10.1. The molecule has 1 saturated heterocycles. The van der Waals surface area contributed by atoms with Gasteiger partial charge in [-0.2, -0.15) is 4.31 Å². The Morgan fingerprint density at radius 1 is 1.14 bits per heavy atom. The molecule has 0 saturated carbocycles. The van der Waals surface area contributed by atoms with Gasteiger partial charge >= 0.3 is 0 Å². The van der Waals surface area contributed by atoms with E-state index in [9.17, 15) is 13.2 Å². The van der Waals surface area contributed by atoms with Gasteiger partial charge < -0.3 is 9.64 Å². The van der Waals surface area contributed by atoms with Gasteiger partial charge in [0, 0.05) is 26.2 Å². The molecule has 6 nitrogen and oxygen atoms in total. The Morgan fingerprint density at radius 2 is 1.86 bits per heavy atom. The molecule has 0 aliphatic carbocycles. The van der Waals surface area contributed by atoms with Crippen LogP contribution in [-0.2, 0) is 14.8 Å². The number of thiophene rings is 1. The van der Waals surface area contributed by atoms with Crippen LogP contribution < -0.4 is 4.74 Å². The van der Waals surface area contributed by atoms with Crippen LogP contribution in [0.5, 0.6) is 5.75 Å². The third-order valence-electron chi connectivity index (χ3n) is 4.65. The summed E-state index contributed by atoms with van der Waals surface area (Å²) in [6.07, 6.45) is 0.276. The summed E-state index contributed by atoms with van der Waals surface area (Å²) in [7, 11) is -3.49. The summed E-state index contributed by atoms with van der Waals surface area (Å²) in [5.74, 6) is 0.784. The van der Waals surface area contributed by atoms with E-state index in [4.69, 9.17) is 4.74 Å². The van der Waals surface area contributed by atoms with Gasteiger partial charge in [0.1, 0.15) is 9.96 Å². The monoisotopic (exact) mass is 486 g/mol. The fourth-order valence-corrected chi connectivity index (χ4v) is 6.60. The van der Waals surface area contributed by atoms with Gasteiger partial charge in [0.15, 0.2) is 0 Å². The number of halogens is 1. The predicted octanol–water partition coefficient (Wildman–Crippen LogP) is 3.43. The number of carbonyl (C=O) groups excluding carboxylic acids is 1. The van der Waals surface area contributed by atoms with Crippen molar-refractivity contribution >= 4 is 43.2 Å². The van der Waals surface area contributed by atoms with Crippen LogP contribution in [0.2, 0.25) is 0 Å². The summed E-state index contributed by atoms with van der Waals surface area (Å²) in [5, 5.41) is 0. The molecule has 1 aromatic carbocycles. The van der Waals surface area contributed by atoms with Gasteiger partial charge in [-0.25, -0.2) is 8.42 Å². The van der Waals surface area contributed by atoms with Gasteiger partial charge in [0.2, 0.25) is 5.91 Å². The third-order valence-corrected chi connectivity index (χ3v) is 8.64.